The molecule has 1 aromatic rings. The third-order valence-corrected chi connectivity index (χ3v) is 3.28. The third-order valence-electron chi connectivity index (χ3n) is 3.28. The van der Waals surface area contributed by atoms with E-state index >= 15 is 0 Å². The minimum atomic E-state index is -0.238. The highest BCUT2D eigenvalue weighted by molar-refractivity contribution is 5.99. The Balaban J connectivity index is 2.03. The first kappa shape index (κ1) is 13.3. The molecule has 2 rings (SSSR count). The van der Waals surface area contributed by atoms with E-state index in [4.69, 9.17) is 5.73 Å². The zero-order valence-electron chi connectivity index (χ0n) is 11.1. The topological polar surface area (TPSA) is 88.3 Å². The number of amides is 2. The van der Waals surface area contributed by atoms with Crippen molar-refractivity contribution < 1.29 is 9.59 Å². The number of aromatic nitrogens is 1. The van der Waals surface area contributed by atoms with E-state index in [1.54, 1.807) is 18.0 Å². The molecule has 1 aliphatic heterocycles. The smallest absolute Gasteiger partial charge is 0.255 e. The first-order valence-electron chi connectivity index (χ1n) is 6.24. The Hall–Kier alpha value is -2.11. The fourth-order valence-corrected chi connectivity index (χ4v) is 2.16. The van der Waals surface area contributed by atoms with E-state index < -0.39 is 0 Å². The summed E-state index contributed by atoms with van der Waals surface area (Å²) in [6.07, 6.45) is 2.61. The van der Waals surface area contributed by atoms with Crippen LogP contribution in [0.2, 0.25) is 0 Å². The van der Waals surface area contributed by atoms with Crippen LogP contribution in [0.25, 0.3) is 0 Å². The lowest BCUT2D eigenvalue weighted by Crippen LogP contribution is -2.48. The molecule has 1 aromatic heterocycles. The van der Waals surface area contributed by atoms with Gasteiger partial charge in [-0.2, -0.15) is 0 Å². The molecule has 1 atom stereocenters. The number of pyridine rings is 1. The van der Waals surface area contributed by atoms with Gasteiger partial charge in [-0.25, -0.2) is 0 Å². The average Bonchev–Trinajstić information content (AvgIpc) is 2.33. The fraction of sp³-hybridized carbons (Fsp3) is 0.462. The molecule has 0 saturated carbocycles. The summed E-state index contributed by atoms with van der Waals surface area (Å²) in [7, 11) is 1.74. The summed E-state index contributed by atoms with van der Waals surface area (Å²) in [6, 6.07) is 1.64. The van der Waals surface area contributed by atoms with Crippen LogP contribution in [0, 0.1) is 6.92 Å². The lowest BCUT2D eigenvalue weighted by Gasteiger charge is -2.30. The molecule has 19 heavy (non-hydrogen) atoms. The predicted molar refractivity (Wildman–Crippen MR) is 71.5 cm³/mol. The Morgan fingerprint density at radius 3 is 2.95 bits per heavy atom. The second-order valence-corrected chi connectivity index (χ2v) is 4.90. The predicted octanol–water partition coefficient (Wildman–Crippen LogP) is 0.323. The van der Waals surface area contributed by atoms with E-state index in [1.165, 1.54) is 6.20 Å². The maximum atomic E-state index is 12.1. The number of hydrogen-bond donors (Lipinski definition) is 2. The Bertz CT molecular complexity index is 515. The molecule has 1 unspecified atom stereocenters. The largest absolute Gasteiger partial charge is 0.398 e. The Morgan fingerprint density at radius 1 is 1.58 bits per heavy atom. The normalized spacial score (nSPS) is 19.4. The number of nitrogens with zero attached hydrogens (tertiary/aromatic N) is 2. The van der Waals surface area contributed by atoms with E-state index in [0.717, 1.165) is 5.69 Å². The molecule has 0 radical (unpaired) electrons. The van der Waals surface area contributed by atoms with Gasteiger partial charge in [-0.15, -0.1) is 0 Å². The summed E-state index contributed by atoms with van der Waals surface area (Å²) in [5.41, 5.74) is 7.39. The molecule has 2 heterocycles. The lowest BCUT2D eigenvalue weighted by atomic mass is 10.0. The molecule has 2 amide bonds. The van der Waals surface area contributed by atoms with Crippen molar-refractivity contribution >= 4 is 17.5 Å². The summed E-state index contributed by atoms with van der Waals surface area (Å²) < 4.78 is 0. The van der Waals surface area contributed by atoms with Gasteiger partial charge in [0.25, 0.3) is 5.91 Å². The molecule has 1 fully saturated rings. The number of hydrogen-bond acceptors (Lipinski definition) is 4. The second kappa shape index (κ2) is 5.26. The van der Waals surface area contributed by atoms with Crippen LogP contribution >= 0.6 is 0 Å². The van der Waals surface area contributed by atoms with Crippen molar-refractivity contribution in [2.24, 2.45) is 0 Å². The number of piperidine rings is 1. The van der Waals surface area contributed by atoms with Crippen LogP contribution in [0.3, 0.4) is 0 Å². The zero-order chi connectivity index (χ0) is 14.0. The minimum absolute atomic E-state index is 0.0316. The molecule has 6 nitrogen and oxygen atoms in total. The van der Waals surface area contributed by atoms with Crippen LogP contribution in [-0.4, -0.2) is 41.3 Å². The first-order chi connectivity index (χ1) is 8.97. The third kappa shape index (κ3) is 3.01. The van der Waals surface area contributed by atoms with Crippen LogP contribution in [0.5, 0.6) is 0 Å². The van der Waals surface area contributed by atoms with E-state index in [0.29, 0.717) is 30.6 Å². The molecule has 1 saturated heterocycles. The van der Waals surface area contributed by atoms with Crippen molar-refractivity contribution in [1.29, 1.82) is 0 Å². The summed E-state index contributed by atoms with van der Waals surface area (Å²) in [6.45, 7) is 2.35. The van der Waals surface area contributed by atoms with E-state index in [2.05, 4.69) is 10.3 Å². The standard InChI is InChI=1S/C13H18N4O2/c1-8-5-11(14)10(6-15-8)13(19)16-9-3-4-12(18)17(2)7-9/h5-6,9H,3-4,7H2,1-2H3,(H2,14,15)(H,16,19). The molecule has 0 aliphatic carbocycles. The van der Waals surface area contributed by atoms with Crippen LogP contribution in [0.15, 0.2) is 12.3 Å². The molecular formula is C13H18N4O2. The highest BCUT2D eigenvalue weighted by Gasteiger charge is 2.24. The number of likely N-dealkylation sites (tertiary alicyclic amines) is 1. The van der Waals surface area contributed by atoms with Crippen molar-refractivity contribution in [2.45, 2.75) is 25.8 Å². The van der Waals surface area contributed by atoms with Crippen LogP contribution in [0.4, 0.5) is 5.69 Å². The van der Waals surface area contributed by atoms with Gasteiger partial charge >= 0.3 is 0 Å². The van der Waals surface area contributed by atoms with Crippen molar-refractivity contribution in [1.82, 2.24) is 15.2 Å². The van der Waals surface area contributed by atoms with E-state index in [-0.39, 0.29) is 17.9 Å². The quantitative estimate of drug-likeness (QED) is 0.803. The van der Waals surface area contributed by atoms with Crippen LogP contribution in [-0.2, 0) is 4.79 Å². The van der Waals surface area contributed by atoms with Crippen molar-refractivity contribution in [2.75, 3.05) is 19.3 Å². The highest BCUT2D eigenvalue weighted by Crippen LogP contribution is 2.14. The van der Waals surface area contributed by atoms with Crippen molar-refractivity contribution in [3.63, 3.8) is 0 Å². The Morgan fingerprint density at radius 2 is 2.32 bits per heavy atom. The number of rotatable bonds is 2. The van der Waals surface area contributed by atoms with Gasteiger partial charge in [-0.1, -0.05) is 0 Å². The van der Waals surface area contributed by atoms with Crippen LogP contribution < -0.4 is 11.1 Å². The van der Waals surface area contributed by atoms with Gasteiger partial charge in [0, 0.05) is 43.6 Å². The number of carbonyl (C=O) groups excluding carboxylic acids is 2. The Kier molecular flexibility index (Phi) is 3.69. The number of carbonyl (C=O) groups is 2. The number of likely N-dealkylation sites (N-methyl/N-ethyl adjacent to an activating group) is 1. The summed E-state index contributed by atoms with van der Waals surface area (Å²) in [5.74, 6) is -0.125. The molecular weight excluding hydrogens is 244 g/mol. The number of aryl methyl sites for hydroxylation is 1. The maximum Gasteiger partial charge on any atom is 0.255 e. The highest BCUT2D eigenvalue weighted by atomic mass is 16.2. The average molecular weight is 262 g/mol. The molecule has 102 valence electrons. The zero-order valence-corrected chi connectivity index (χ0v) is 11.1. The Labute approximate surface area is 112 Å². The molecule has 0 aromatic carbocycles. The SMILES string of the molecule is Cc1cc(N)c(C(=O)NC2CCC(=O)N(C)C2)cn1. The maximum absolute atomic E-state index is 12.1. The van der Waals surface area contributed by atoms with Gasteiger partial charge < -0.3 is 16.0 Å². The van der Waals surface area contributed by atoms with Gasteiger partial charge in [-0.3, -0.25) is 14.6 Å². The van der Waals surface area contributed by atoms with Gasteiger partial charge in [0.1, 0.15) is 0 Å². The summed E-state index contributed by atoms with van der Waals surface area (Å²) >= 11 is 0. The van der Waals surface area contributed by atoms with Gasteiger partial charge in [0.05, 0.1) is 5.56 Å². The monoisotopic (exact) mass is 262 g/mol. The number of nitrogen functional groups attached to an aromatic ring is 1. The minimum Gasteiger partial charge on any atom is -0.398 e. The summed E-state index contributed by atoms with van der Waals surface area (Å²) in [4.78, 5) is 29.2. The molecule has 0 bridgehead atoms. The molecule has 0 spiro atoms. The lowest BCUT2D eigenvalue weighted by molar-refractivity contribution is -0.132. The fourth-order valence-electron chi connectivity index (χ4n) is 2.16. The molecule has 3 N–H and O–H groups in total. The number of nitrogens with two attached hydrogens (primary N) is 1. The van der Waals surface area contributed by atoms with Gasteiger partial charge in [0.2, 0.25) is 5.91 Å². The second-order valence-electron chi connectivity index (χ2n) is 4.90. The van der Waals surface area contributed by atoms with Gasteiger partial charge in [-0.05, 0) is 19.4 Å². The van der Waals surface area contributed by atoms with Crippen molar-refractivity contribution in [3.8, 4) is 0 Å². The first-order valence-corrected chi connectivity index (χ1v) is 6.24. The van der Waals surface area contributed by atoms with E-state index in [1.807, 2.05) is 6.92 Å². The molecule has 1 aliphatic rings. The van der Waals surface area contributed by atoms with Gasteiger partial charge in [0.15, 0.2) is 0 Å². The number of anilines is 1. The van der Waals surface area contributed by atoms with Crippen LogP contribution in [0.1, 0.15) is 28.9 Å². The van der Waals surface area contributed by atoms with E-state index in [9.17, 15) is 9.59 Å². The number of nitrogens with one attached hydrogen (secondary N) is 1. The molecule has 6 heteroatoms. The van der Waals surface area contributed by atoms with Crippen molar-refractivity contribution in [3.05, 3.63) is 23.5 Å². The summed E-state index contributed by atoms with van der Waals surface area (Å²) in [5, 5.41) is 2.89.